The Bertz CT molecular complexity index is 573. The molecule has 6 nitrogen and oxygen atoms in total. The monoisotopic (exact) mass is 326 g/mol. The van der Waals surface area contributed by atoms with Crippen LogP contribution in [0.1, 0.15) is 23.2 Å². The number of halogens is 1. The van der Waals surface area contributed by atoms with Gasteiger partial charge in [-0.05, 0) is 25.0 Å². The number of ether oxygens (including phenoxy) is 2. The van der Waals surface area contributed by atoms with Gasteiger partial charge in [0.1, 0.15) is 0 Å². The molecular formula is C15H19ClN2O4. The second-order valence-electron chi connectivity index (χ2n) is 5.01. The van der Waals surface area contributed by atoms with E-state index in [1.807, 2.05) is 0 Å². The van der Waals surface area contributed by atoms with Crippen molar-refractivity contribution in [1.29, 1.82) is 0 Å². The Labute approximate surface area is 134 Å². The first-order valence-electron chi connectivity index (χ1n) is 7.04. The van der Waals surface area contributed by atoms with Crippen molar-refractivity contribution in [3.8, 4) is 11.5 Å². The molecule has 1 saturated carbocycles. The lowest BCUT2D eigenvalue weighted by Gasteiger charge is -2.12. The minimum Gasteiger partial charge on any atom is -0.493 e. The summed E-state index contributed by atoms with van der Waals surface area (Å²) in [6.45, 7) is 0.755. The van der Waals surface area contributed by atoms with Crippen LogP contribution in [0.15, 0.2) is 12.1 Å². The van der Waals surface area contributed by atoms with Crippen molar-refractivity contribution in [2.24, 2.45) is 5.92 Å². The fourth-order valence-corrected chi connectivity index (χ4v) is 2.29. The van der Waals surface area contributed by atoms with Crippen molar-refractivity contribution < 1.29 is 19.1 Å². The van der Waals surface area contributed by atoms with Crippen LogP contribution in [0.3, 0.4) is 0 Å². The van der Waals surface area contributed by atoms with Crippen LogP contribution in [0.4, 0.5) is 0 Å². The van der Waals surface area contributed by atoms with Crippen LogP contribution in [0.2, 0.25) is 5.02 Å². The predicted molar refractivity (Wildman–Crippen MR) is 82.6 cm³/mol. The third kappa shape index (κ3) is 4.04. The van der Waals surface area contributed by atoms with Gasteiger partial charge >= 0.3 is 0 Å². The molecule has 2 N–H and O–H groups in total. The summed E-state index contributed by atoms with van der Waals surface area (Å²) in [6, 6.07) is 3.07. The molecule has 0 bridgehead atoms. The van der Waals surface area contributed by atoms with Crippen LogP contribution in [0.5, 0.6) is 11.5 Å². The summed E-state index contributed by atoms with van der Waals surface area (Å²) in [5.41, 5.74) is 0.371. The van der Waals surface area contributed by atoms with Crippen LogP contribution in [-0.2, 0) is 4.79 Å². The van der Waals surface area contributed by atoms with Gasteiger partial charge in [0.25, 0.3) is 5.91 Å². The van der Waals surface area contributed by atoms with Crippen LogP contribution in [0, 0.1) is 5.92 Å². The highest BCUT2D eigenvalue weighted by Crippen LogP contribution is 2.35. The predicted octanol–water partition coefficient (Wildman–Crippen LogP) is 1.61. The van der Waals surface area contributed by atoms with Crippen molar-refractivity contribution >= 4 is 23.4 Å². The molecule has 1 aromatic carbocycles. The molecule has 1 aliphatic rings. The van der Waals surface area contributed by atoms with E-state index in [4.69, 9.17) is 21.1 Å². The van der Waals surface area contributed by atoms with E-state index in [1.54, 1.807) is 6.07 Å². The van der Waals surface area contributed by atoms with E-state index in [9.17, 15) is 9.59 Å². The maximum atomic E-state index is 12.1. The molecule has 1 aliphatic carbocycles. The number of carbonyl (C=O) groups is 2. The molecule has 0 unspecified atom stereocenters. The zero-order valence-corrected chi connectivity index (χ0v) is 13.3. The molecular weight excluding hydrogens is 308 g/mol. The first-order chi connectivity index (χ1) is 10.6. The van der Waals surface area contributed by atoms with Gasteiger partial charge in [0.2, 0.25) is 5.91 Å². The van der Waals surface area contributed by atoms with E-state index < -0.39 is 0 Å². The zero-order valence-electron chi connectivity index (χ0n) is 12.6. The number of carbonyl (C=O) groups excluding carboxylic acids is 2. The van der Waals surface area contributed by atoms with Crippen LogP contribution >= 0.6 is 11.6 Å². The van der Waals surface area contributed by atoms with Gasteiger partial charge in [-0.15, -0.1) is 0 Å². The van der Waals surface area contributed by atoms with Crippen molar-refractivity contribution in [3.05, 3.63) is 22.7 Å². The average molecular weight is 327 g/mol. The normalized spacial score (nSPS) is 13.4. The Morgan fingerprint density at radius 3 is 2.45 bits per heavy atom. The topological polar surface area (TPSA) is 76.7 Å². The highest BCUT2D eigenvalue weighted by Gasteiger charge is 2.29. The number of methoxy groups -OCH3 is 2. The summed E-state index contributed by atoms with van der Waals surface area (Å²) >= 11 is 6.06. The average Bonchev–Trinajstić information content (AvgIpc) is 3.34. The summed E-state index contributed by atoms with van der Waals surface area (Å²) in [5, 5.41) is 5.80. The Morgan fingerprint density at radius 2 is 1.86 bits per heavy atom. The summed E-state index contributed by atoms with van der Waals surface area (Å²) in [4.78, 5) is 23.5. The minimum absolute atomic E-state index is 0.0587. The summed E-state index contributed by atoms with van der Waals surface area (Å²) in [7, 11) is 2.95. The molecule has 2 amide bonds. The number of rotatable bonds is 7. The smallest absolute Gasteiger partial charge is 0.251 e. The molecule has 1 fully saturated rings. The number of hydrogen-bond acceptors (Lipinski definition) is 4. The van der Waals surface area contributed by atoms with Gasteiger partial charge < -0.3 is 20.1 Å². The van der Waals surface area contributed by atoms with E-state index in [-0.39, 0.29) is 17.7 Å². The lowest BCUT2D eigenvalue weighted by molar-refractivity contribution is -0.122. The van der Waals surface area contributed by atoms with E-state index in [2.05, 4.69) is 10.6 Å². The summed E-state index contributed by atoms with van der Waals surface area (Å²) in [5.74, 6) is 0.715. The lowest BCUT2D eigenvalue weighted by Crippen LogP contribution is -2.35. The van der Waals surface area contributed by atoms with Gasteiger partial charge in [-0.2, -0.15) is 0 Å². The second-order valence-corrected chi connectivity index (χ2v) is 5.42. The Kier molecular flexibility index (Phi) is 5.49. The van der Waals surface area contributed by atoms with Crippen molar-refractivity contribution in [1.82, 2.24) is 10.6 Å². The standard InChI is InChI=1S/C15H19ClN2O4/c1-21-12-8-10(7-11(16)13(12)22-2)15(20)18-6-5-17-14(19)9-3-4-9/h7-9H,3-6H2,1-2H3,(H,17,19)(H,18,20). The fourth-order valence-electron chi connectivity index (χ4n) is 2.00. The molecule has 0 spiro atoms. The molecule has 0 saturated heterocycles. The van der Waals surface area contributed by atoms with Crippen LogP contribution in [0.25, 0.3) is 0 Å². The molecule has 22 heavy (non-hydrogen) atoms. The van der Waals surface area contributed by atoms with E-state index in [0.717, 1.165) is 12.8 Å². The highest BCUT2D eigenvalue weighted by molar-refractivity contribution is 6.32. The number of nitrogens with one attached hydrogen (secondary N) is 2. The summed E-state index contributed by atoms with van der Waals surface area (Å²) < 4.78 is 10.3. The van der Waals surface area contributed by atoms with Crippen LogP contribution < -0.4 is 20.1 Å². The van der Waals surface area contributed by atoms with E-state index in [0.29, 0.717) is 35.2 Å². The van der Waals surface area contributed by atoms with Gasteiger partial charge in [-0.25, -0.2) is 0 Å². The number of amides is 2. The first-order valence-corrected chi connectivity index (χ1v) is 7.42. The molecule has 0 aromatic heterocycles. The van der Waals surface area contributed by atoms with E-state index >= 15 is 0 Å². The Balaban J connectivity index is 1.88. The zero-order chi connectivity index (χ0) is 16.1. The number of benzene rings is 1. The Morgan fingerprint density at radius 1 is 1.18 bits per heavy atom. The van der Waals surface area contributed by atoms with Gasteiger partial charge in [-0.1, -0.05) is 11.6 Å². The molecule has 120 valence electrons. The molecule has 0 aliphatic heterocycles. The van der Waals surface area contributed by atoms with Crippen molar-refractivity contribution in [3.63, 3.8) is 0 Å². The lowest BCUT2D eigenvalue weighted by atomic mass is 10.2. The second kappa shape index (κ2) is 7.35. The summed E-state index contributed by atoms with van der Waals surface area (Å²) in [6.07, 6.45) is 1.92. The molecule has 0 radical (unpaired) electrons. The van der Waals surface area contributed by atoms with E-state index in [1.165, 1.54) is 20.3 Å². The maximum absolute atomic E-state index is 12.1. The third-order valence-electron chi connectivity index (χ3n) is 3.35. The molecule has 1 aromatic rings. The molecule has 0 atom stereocenters. The largest absolute Gasteiger partial charge is 0.493 e. The van der Waals surface area contributed by atoms with Gasteiger partial charge in [0.15, 0.2) is 11.5 Å². The van der Waals surface area contributed by atoms with Crippen LogP contribution in [-0.4, -0.2) is 39.1 Å². The van der Waals surface area contributed by atoms with Crippen molar-refractivity contribution in [2.75, 3.05) is 27.3 Å². The quantitative estimate of drug-likeness (QED) is 0.746. The van der Waals surface area contributed by atoms with Crippen molar-refractivity contribution in [2.45, 2.75) is 12.8 Å². The number of hydrogen-bond donors (Lipinski definition) is 2. The minimum atomic E-state index is -0.288. The molecule has 7 heteroatoms. The highest BCUT2D eigenvalue weighted by atomic mass is 35.5. The van der Waals surface area contributed by atoms with Gasteiger partial charge in [0, 0.05) is 24.6 Å². The maximum Gasteiger partial charge on any atom is 0.251 e. The fraction of sp³-hybridized carbons (Fsp3) is 0.467. The third-order valence-corrected chi connectivity index (χ3v) is 3.63. The molecule has 2 rings (SSSR count). The first kappa shape index (κ1) is 16.4. The molecule has 0 heterocycles. The Hall–Kier alpha value is -1.95. The van der Waals surface area contributed by atoms with Gasteiger partial charge in [-0.3, -0.25) is 9.59 Å². The SMILES string of the molecule is COc1cc(C(=O)NCCNC(=O)C2CC2)cc(Cl)c1OC. The van der Waals surface area contributed by atoms with Gasteiger partial charge in [0.05, 0.1) is 19.2 Å².